The fourth-order valence-corrected chi connectivity index (χ4v) is 2.57. The van der Waals surface area contributed by atoms with Crippen molar-refractivity contribution < 1.29 is 4.39 Å². The van der Waals surface area contributed by atoms with E-state index < -0.39 is 6.17 Å². The molecule has 0 aliphatic carbocycles. The van der Waals surface area contributed by atoms with E-state index in [0.717, 1.165) is 31.4 Å². The maximum absolute atomic E-state index is 12.9. The van der Waals surface area contributed by atoms with Gasteiger partial charge in [-0.05, 0) is 44.3 Å². The molecule has 2 rings (SSSR count). The summed E-state index contributed by atoms with van der Waals surface area (Å²) in [7, 11) is 5.68. The molecule has 17 heavy (non-hydrogen) atoms. The number of hydrogen-bond acceptors (Lipinski definition) is 1. The second-order valence-electron chi connectivity index (χ2n) is 5.02. The Bertz CT molecular complexity index is 342. The highest BCUT2D eigenvalue weighted by molar-refractivity contribution is 6.32. The summed E-state index contributed by atoms with van der Waals surface area (Å²) < 4.78 is 12.9. The van der Waals surface area contributed by atoms with E-state index in [-0.39, 0.29) is 0 Å². The number of halogens is 1. The number of benzene rings is 1. The van der Waals surface area contributed by atoms with Crippen molar-refractivity contribution in [1.82, 2.24) is 4.90 Å². The normalized spacial score (nSPS) is 20.4. The van der Waals surface area contributed by atoms with E-state index in [1.54, 1.807) is 6.92 Å². The summed E-state index contributed by atoms with van der Waals surface area (Å²) in [6.45, 7) is 4.22. The third-order valence-corrected chi connectivity index (χ3v) is 3.51. The van der Waals surface area contributed by atoms with Crippen LogP contribution in [0.2, 0.25) is 0 Å². The first-order valence-electron chi connectivity index (χ1n) is 6.37. The average molecular weight is 231 g/mol. The number of piperidine rings is 1. The van der Waals surface area contributed by atoms with E-state index in [9.17, 15) is 4.39 Å². The van der Waals surface area contributed by atoms with Gasteiger partial charge in [-0.3, -0.25) is 0 Å². The minimum atomic E-state index is -0.719. The summed E-state index contributed by atoms with van der Waals surface area (Å²) in [5.74, 6) is 0.613. The van der Waals surface area contributed by atoms with Gasteiger partial charge in [-0.2, -0.15) is 0 Å². The topological polar surface area (TPSA) is 3.24 Å². The molecule has 1 atom stereocenters. The third-order valence-electron chi connectivity index (χ3n) is 3.51. The molecule has 2 radical (unpaired) electrons. The van der Waals surface area contributed by atoms with Crippen LogP contribution in [-0.4, -0.2) is 38.6 Å². The maximum Gasteiger partial charge on any atom is 0.113 e. The molecule has 1 saturated heterocycles. The quantitative estimate of drug-likeness (QED) is 0.719. The van der Waals surface area contributed by atoms with Crippen molar-refractivity contribution in [2.24, 2.45) is 0 Å². The molecule has 1 aliphatic heterocycles. The smallest absolute Gasteiger partial charge is 0.113 e. The van der Waals surface area contributed by atoms with Gasteiger partial charge in [-0.1, -0.05) is 29.7 Å². The Kier molecular flexibility index (Phi) is 4.22. The number of alkyl halides is 1. The molecular formula is C14H19BFN. The van der Waals surface area contributed by atoms with Gasteiger partial charge in [-0.15, -0.1) is 0 Å². The van der Waals surface area contributed by atoms with Crippen LogP contribution in [0.5, 0.6) is 0 Å². The molecule has 0 aromatic heterocycles. The van der Waals surface area contributed by atoms with Crippen LogP contribution in [0, 0.1) is 0 Å². The van der Waals surface area contributed by atoms with Gasteiger partial charge in [0.1, 0.15) is 14.0 Å². The van der Waals surface area contributed by atoms with Gasteiger partial charge < -0.3 is 4.90 Å². The lowest BCUT2D eigenvalue weighted by atomic mass is 9.86. The Morgan fingerprint density at radius 1 is 1.29 bits per heavy atom. The van der Waals surface area contributed by atoms with Gasteiger partial charge in [0, 0.05) is 6.54 Å². The first-order chi connectivity index (χ1) is 8.15. The van der Waals surface area contributed by atoms with Crippen molar-refractivity contribution in [1.29, 1.82) is 0 Å². The Labute approximate surface area is 104 Å². The first-order valence-corrected chi connectivity index (χ1v) is 6.37. The molecular weight excluding hydrogens is 212 g/mol. The predicted molar refractivity (Wildman–Crippen MR) is 70.8 cm³/mol. The molecule has 1 unspecified atom stereocenters. The van der Waals surface area contributed by atoms with Crippen molar-refractivity contribution in [3.8, 4) is 0 Å². The zero-order valence-corrected chi connectivity index (χ0v) is 10.4. The van der Waals surface area contributed by atoms with Gasteiger partial charge >= 0.3 is 0 Å². The van der Waals surface area contributed by atoms with Crippen LogP contribution in [-0.2, 0) is 0 Å². The van der Waals surface area contributed by atoms with E-state index in [0.29, 0.717) is 12.5 Å². The molecule has 0 bridgehead atoms. The standard InChI is InChI=1S/C14H19BFN/c1-11(16)10-17-8-6-13(7-9-17)12-2-4-14(15)5-3-12/h2-5,11,13H,6-10H2,1H3. The molecule has 1 fully saturated rings. The maximum atomic E-state index is 12.9. The second kappa shape index (κ2) is 5.68. The minimum absolute atomic E-state index is 0.578. The van der Waals surface area contributed by atoms with Gasteiger partial charge in [0.2, 0.25) is 0 Å². The molecule has 1 aromatic rings. The van der Waals surface area contributed by atoms with Crippen molar-refractivity contribution in [2.45, 2.75) is 31.9 Å². The van der Waals surface area contributed by atoms with Crippen LogP contribution in [0.1, 0.15) is 31.2 Å². The lowest BCUT2D eigenvalue weighted by Crippen LogP contribution is -2.36. The molecule has 90 valence electrons. The summed E-state index contributed by atoms with van der Waals surface area (Å²) >= 11 is 0. The monoisotopic (exact) mass is 231 g/mol. The molecule has 0 amide bonds. The van der Waals surface area contributed by atoms with Gasteiger partial charge in [0.25, 0.3) is 0 Å². The lowest BCUT2D eigenvalue weighted by molar-refractivity contribution is 0.165. The highest BCUT2D eigenvalue weighted by Gasteiger charge is 2.21. The van der Waals surface area contributed by atoms with E-state index in [1.807, 2.05) is 12.1 Å². The number of rotatable bonds is 3. The third kappa shape index (κ3) is 3.57. The van der Waals surface area contributed by atoms with Gasteiger partial charge in [0.15, 0.2) is 0 Å². The number of likely N-dealkylation sites (tertiary alicyclic amines) is 1. The van der Waals surface area contributed by atoms with Crippen LogP contribution in [0.25, 0.3) is 0 Å². The molecule has 0 N–H and O–H groups in total. The van der Waals surface area contributed by atoms with Crippen LogP contribution in [0.15, 0.2) is 24.3 Å². The van der Waals surface area contributed by atoms with Gasteiger partial charge in [-0.25, -0.2) is 4.39 Å². The predicted octanol–water partition coefficient (Wildman–Crippen LogP) is 2.02. The SMILES string of the molecule is [B]c1ccc(C2CCN(CC(C)F)CC2)cc1. The van der Waals surface area contributed by atoms with Crippen LogP contribution < -0.4 is 5.46 Å². The van der Waals surface area contributed by atoms with Crippen LogP contribution >= 0.6 is 0 Å². The highest BCUT2D eigenvalue weighted by atomic mass is 19.1. The number of nitrogens with zero attached hydrogens (tertiary/aromatic N) is 1. The minimum Gasteiger partial charge on any atom is -0.300 e. The zero-order valence-electron chi connectivity index (χ0n) is 10.4. The summed E-state index contributed by atoms with van der Waals surface area (Å²) in [5, 5.41) is 0. The highest BCUT2D eigenvalue weighted by Crippen LogP contribution is 2.27. The Balaban J connectivity index is 1.88. The van der Waals surface area contributed by atoms with Crippen LogP contribution in [0.4, 0.5) is 4.39 Å². The van der Waals surface area contributed by atoms with E-state index >= 15 is 0 Å². The zero-order chi connectivity index (χ0) is 12.3. The largest absolute Gasteiger partial charge is 0.300 e. The molecule has 1 aliphatic rings. The summed E-state index contributed by atoms with van der Waals surface area (Å²) in [6.07, 6.45) is 1.52. The molecule has 1 heterocycles. The summed E-state index contributed by atoms with van der Waals surface area (Å²) in [4.78, 5) is 2.22. The van der Waals surface area contributed by atoms with E-state index in [1.165, 1.54) is 5.56 Å². The van der Waals surface area contributed by atoms with E-state index in [2.05, 4.69) is 17.0 Å². The Hall–Kier alpha value is -0.825. The lowest BCUT2D eigenvalue weighted by Gasteiger charge is -2.32. The van der Waals surface area contributed by atoms with Gasteiger partial charge in [0.05, 0.1) is 0 Å². The van der Waals surface area contributed by atoms with E-state index in [4.69, 9.17) is 7.85 Å². The van der Waals surface area contributed by atoms with Crippen molar-refractivity contribution in [3.05, 3.63) is 29.8 Å². The first kappa shape index (κ1) is 12.6. The van der Waals surface area contributed by atoms with Crippen LogP contribution in [0.3, 0.4) is 0 Å². The number of hydrogen-bond donors (Lipinski definition) is 0. The average Bonchev–Trinajstić information content (AvgIpc) is 2.30. The molecule has 0 saturated carbocycles. The Morgan fingerprint density at radius 3 is 2.41 bits per heavy atom. The fraction of sp³-hybridized carbons (Fsp3) is 0.571. The summed E-state index contributed by atoms with van der Waals surface area (Å²) in [6, 6.07) is 8.16. The molecule has 3 heteroatoms. The molecule has 1 nitrogen and oxygen atoms in total. The Morgan fingerprint density at radius 2 is 1.88 bits per heavy atom. The fourth-order valence-electron chi connectivity index (χ4n) is 2.57. The van der Waals surface area contributed by atoms with Crippen molar-refractivity contribution in [2.75, 3.05) is 19.6 Å². The molecule has 1 aromatic carbocycles. The summed E-state index contributed by atoms with van der Waals surface area (Å²) in [5.41, 5.74) is 2.18. The molecule has 0 spiro atoms. The van der Waals surface area contributed by atoms with Crippen molar-refractivity contribution in [3.63, 3.8) is 0 Å². The second-order valence-corrected chi connectivity index (χ2v) is 5.02. The van der Waals surface area contributed by atoms with Crippen molar-refractivity contribution >= 4 is 13.3 Å².